The highest BCUT2D eigenvalue weighted by Crippen LogP contribution is 2.02. The molecule has 0 saturated carbocycles. The van der Waals surface area contributed by atoms with E-state index in [2.05, 4.69) is 10.3 Å². The normalized spacial score (nSPS) is 11.6. The number of aromatic nitrogens is 1. The third-order valence-electron chi connectivity index (χ3n) is 2.57. The lowest BCUT2D eigenvalue weighted by Crippen LogP contribution is -2.42. The van der Waals surface area contributed by atoms with E-state index >= 15 is 0 Å². The van der Waals surface area contributed by atoms with Gasteiger partial charge in [-0.3, -0.25) is 14.6 Å². The summed E-state index contributed by atoms with van der Waals surface area (Å²) in [5, 5.41) is 19.9. The van der Waals surface area contributed by atoms with Crippen LogP contribution in [0, 0.1) is 0 Å². The quantitative estimate of drug-likeness (QED) is 0.636. The maximum absolute atomic E-state index is 11.5. The van der Waals surface area contributed by atoms with Crippen molar-refractivity contribution < 1.29 is 24.6 Å². The summed E-state index contributed by atoms with van der Waals surface area (Å²) in [5.41, 5.74) is 0.561. The lowest BCUT2D eigenvalue weighted by Gasteiger charge is -2.13. The van der Waals surface area contributed by atoms with Gasteiger partial charge in [-0.25, -0.2) is 4.79 Å². The Labute approximate surface area is 115 Å². The van der Waals surface area contributed by atoms with Crippen molar-refractivity contribution in [2.24, 2.45) is 0 Å². The Morgan fingerprint density at radius 3 is 2.50 bits per heavy atom. The molecule has 1 rings (SSSR count). The number of pyridine rings is 1. The van der Waals surface area contributed by atoms with Crippen molar-refractivity contribution >= 4 is 17.8 Å². The van der Waals surface area contributed by atoms with Gasteiger partial charge in [0.1, 0.15) is 6.04 Å². The summed E-state index contributed by atoms with van der Waals surface area (Å²) in [7, 11) is 0. The molecule has 1 aromatic heterocycles. The van der Waals surface area contributed by atoms with Gasteiger partial charge in [-0.1, -0.05) is 6.07 Å². The van der Waals surface area contributed by atoms with E-state index in [9.17, 15) is 14.4 Å². The summed E-state index contributed by atoms with van der Waals surface area (Å²) in [6.45, 7) is 0. The minimum atomic E-state index is -1.15. The summed E-state index contributed by atoms with van der Waals surface area (Å²) < 4.78 is 0. The molecule has 0 aliphatic carbocycles. The molecule has 0 spiro atoms. The third-order valence-corrected chi connectivity index (χ3v) is 2.57. The van der Waals surface area contributed by atoms with Crippen LogP contribution in [-0.2, 0) is 20.8 Å². The van der Waals surface area contributed by atoms with Crippen molar-refractivity contribution in [1.82, 2.24) is 10.3 Å². The zero-order valence-electron chi connectivity index (χ0n) is 10.8. The van der Waals surface area contributed by atoms with Crippen LogP contribution in [0.25, 0.3) is 0 Å². The number of hydrogen-bond acceptors (Lipinski definition) is 4. The van der Waals surface area contributed by atoms with Gasteiger partial charge >= 0.3 is 11.9 Å². The lowest BCUT2D eigenvalue weighted by atomic mass is 10.1. The van der Waals surface area contributed by atoms with E-state index in [0.29, 0.717) is 5.69 Å². The van der Waals surface area contributed by atoms with E-state index in [1.54, 1.807) is 24.4 Å². The Bertz CT molecular complexity index is 475. The number of carboxylic acid groups (broad SMARTS) is 2. The SMILES string of the molecule is O=C(O)CCCC(=O)NC(Cc1ccccn1)C(=O)O. The second kappa shape index (κ2) is 7.88. The minimum absolute atomic E-state index is 0.0156. The number of carbonyl (C=O) groups is 3. The number of amides is 1. The fourth-order valence-corrected chi connectivity index (χ4v) is 1.59. The fourth-order valence-electron chi connectivity index (χ4n) is 1.59. The standard InChI is InChI=1S/C13H16N2O5/c16-11(5-3-6-12(17)18)15-10(13(19)20)8-9-4-1-2-7-14-9/h1-2,4,7,10H,3,5-6,8H2,(H,15,16)(H,17,18)(H,19,20). The van der Waals surface area contributed by atoms with Gasteiger partial charge in [0, 0.05) is 31.2 Å². The Morgan fingerprint density at radius 2 is 1.95 bits per heavy atom. The molecule has 1 heterocycles. The largest absolute Gasteiger partial charge is 0.481 e. The summed E-state index contributed by atoms with van der Waals surface area (Å²) >= 11 is 0. The maximum atomic E-state index is 11.5. The Hall–Kier alpha value is -2.44. The molecule has 3 N–H and O–H groups in total. The van der Waals surface area contributed by atoms with Crippen LogP contribution >= 0.6 is 0 Å². The first-order valence-electron chi connectivity index (χ1n) is 6.13. The molecule has 1 atom stereocenters. The molecular weight excluding hydrogens is 264 g/mol. The highest BCUT2D eigenvalue weighted by atomic mass is 16.4. The number of aliphatic carboxylic acids is 2. The summed E-state index contributed by atoms with van der Waals surface area (Å²) in [6.07, 6.45) is 1.67. The van der Waals surface area contributed by atoms with Crippen molar-refractivity contribution in [3.05, 3.63) is 30.1 Å². The molecule has 7 nitrogen and oxygen atoms in total. The molecule has 0 radical (unpaired) electrons. The highest BCUT2D eigenvalue weighted by molar-refractivity contribution is 5.83. The molecule has 20 heavy (non-hydrogen) atoms. The van der Waals surface area contributed by atoms with Gasteiger partial charge in [0.15, 0.2) is 0 Å². The van der Waals surface area contributed by atoms with Gasteiger partial charge in [-0.2, -0.15) is 0 Å². The van der Waals surface area contributed by atoms with Crippen LogP contribution in [0.5, 0.6) is 0 Å². The van der Waals surface area contributed by atoms with Crippen LogP contribution < -0.4 is 5.32 Å². The molecule has 0 bridgehead atoms. The van der Waals surface area contributed by atoms with Crippen LogP contribution in [0.2, 0.25) is 0 Å². The predicted molar refractivity (Wildman–Crippen MR) is 69.0 cm³/mol. The molecule has 0 aliphatic heterocycles. The second-order valence-electron chi connectivity index (χ2n) is 4.23. The van der Waals surface area contributed by atoms with Crippen LogP contribution in [0.15, 0.2) is 24.4 Å². The fraction of sp³-hybridized carbons (Fsp3) is 0.385. The molecular formula is C13H16N2O5. The van der Waals surface area contributed by atoms with Gasteiger partial charge in [-0.15, -0.1) is 0 Å². The number of carboxylic acids is 2. The van der Waals surface area contributed by atoms with Crippen molar-refractivity contribution in [2.75, 3.05) is 0 Å². The zero-order chi connectivity index (χ0) is 15.0. The topological polar surface area (TPSA) is 117 Å². The van der Waals surface area contributed by atoms with E-state index in [4.69, 9.17) is 10.2 Å². The number of nitrogens with one attached hydrogen (secondary N) is 1. The Morgan fingerprint density at radius 1 is 1.20 bits per heavy atom. The molecule has 7 heteroatoms. The van der Waals surface area contributed by atoms with Crippen LogP contribution in [0.1, 0.15) is 25.0 Å². The maximum Gasteiger partial charge on any atom is 0.326 e. The number of hydrogen-bond donors (Lipinski definition) is 3. The number of nitrogens with zero attached hydrogens (tertiary/aromatic N) is 1. The third kappa shape index (κ3) is 5.94. The van der Waals surface area contributed by atoms with Crippen molar-refractivity contribution in [1.29, 1.82) is 0 Å². The van der Waals surface area contributed by atoms with E-state index in [1.165, 1.54) is 0 Å². The predicted octanol–water partition coefficient (Wildman–Crippen LogP) is 0.448. The molecule has 0 fully saturated rings. The van der Waals surface area contributed by atoms with Crippen LogP contribution in [0.4, 0.5) is 0 Å². The van der Waals surface area contributed by atoms with Crippen molar-refractivity contribution in [3.63, 3.8) is 0 Å². The van der Waals surface area contributed by atoms with E-state index in [0.717, 1.165) is 0 Å². The second-order valence-corrected chi connectivity index (χ2v) is 4.23. The first kappa shape index (κ1) is 15.6. The van der Waals surface area contributed by atoms with Gasteiger partial charge < -0.3 is 15.5 Å². The van der Waals surface area contributed by atoms with Crippen LogP contribution in [0.3, 0.4) is 0 Å². The molecule has 0 saturated heterocycles. The van der Waals surface area contributed by atoms with E-state index in [1.807, 2.05) is 0 Å². The Kier molecular flexibility index (Phi) is 6.15. The van der Waals surface area contributed by atoms with Crippen LogP contribution in [-0.4, -0.2) is 39.1 Å². The summed E-state index contributed by atoms with van der Waals surface area (Å²) in [5.74, 6) is -2.61. The smallest absolute Gasteiger partial charge is 0.326 e. The minimum Gasteiger partial charge on any atom is -0.481 e. The average Bonchev–Trinajstić information content (AvgIpc) is 2.38. The average molecular weight is 280 g/mol. The van der Waals surface area contributed by atoms with Crippen molar-refractivity contribution in [3.8, 4) is 0 Å². The zero-order valence-corrected chi connectivity index (χ0v) is 10.8. The summed E-state index contributed by atoms with van der Waals surface area (Å²) in [6, 6.07) is 4.05. The molecule has 1 aromatic rings. The van der Waals surface area contributed by atoms with Gasteiger partial charge in [-0.05, 0) is 18.6 Å². The molecule has 0 aliphatic rings. The first-order valence-corrected chi connectivity index (χ1v) is 6.13. The lowest BCUT2D eigenvalue weighted by molar-refractivity contribution is -0.142. The van der Waals surface area contributed by atoms with Crippen molar-refractivity contribution in [2.45, 2.75) is 31.7 Å². The molecule has 0 aromatic carbocycles. The molecule has 108 valence electrons. The van der Waals surface area contributed by atoms with E-state index in [-0.39, 0.29) is 25.7 Å². The molecule has 1 unspecified atom stereocenters. The van der Waals surface area contributed by atoms with Gasteiger partial charge in [0.05, 0.1) is 0 Å². The number of carbonyl (C=O) groups excluding carboxylic acids is 1. The monoisotopic (exact) mass is 280 g/mol. The highest BCUT2D eigenvalue weighted by Gasteiger charge is 2.20. The number of rotatable bonds is 8. The first-order chi connectivity index (χ1) is 9.49. The van der Waals surface area contributed by atoms with Gasteiger partial charge in [0.25, 0.3) is 0 Å². The van der Waals surface area contributed by atoms with Gasteiger partial charge in [0.2, 0.25) is 5.91 Å². The Balaban J connectivity index is 2.49. The summed E-state index contributed by atoms with van der Waals surface area (Å²) in [4.78, 5) is 36.9. The molecule has 1 amide bonds. The van der Waals surface area contributed by atoms with E-state index < -0.39 is 23.9 Å².